The first kappa shape index (κ1) is 17.5. The molecule has 5 N–H and O–H groups in total. The maximum atomic E-state index is 12.0. The van der Waals surface area contributed by atoms with E-state index in [9.17, 15) is 13.2 Å². The topological polar surface area (TPSA) is 128 Å². The molecule has 0 aliphatic heterocycles. The van der Waals surface area contributed by atoms with E-state index in [0.29, 0.717) is 12.2 Å². The molecule has 8 heteroatoms. The average molecular weight is 346 g/mol. The zero-order valence-corrected chi connectivity index (χ0v) is 13.9. The number of aliphatic imine (C=N–C) groups is 1. The van der Waals surface area contributed by atoms with Crippen LogP contribution in [0.2, 0.25) is 0 Å². The van der Waals surface area contributed by atoms with Crippen molar-refractivity contribution in [3.8, 4) is 0 Å². The Morgan fingerprint density at radius 2 is 1.79 bits per heavy atom. The molecule has 0 aliphatic carbocycles. The Morgan fingerprint density at radius 1 is 1.12 bits per heavy atom. The predicted molar refractivity (Wildman–Crippen MR) is 93.5 cm³/mol. The van der Waals surface area contributed by atoms with E-state index < -0.39 is 15.7 Å². The lowest BCUT2D eigenvalue weighted by Gasteiger charge is -2.12. The van der Waals surface area contributed by atoms with Crippen LogP contribution in [-0.2, 0) is 16.4 Å². The fraction of sp³-hybridized carbons (Fsp3) is 0.125. The van der Waals surface area contributed by atoms with Crippen LogP contribution >= 0.6 is 0 Å². The Balaban J connectivity index is 2.34. The lowest BCUT2D eigenvalue weighted by molar-refractivity contribution is 0.100. The molecule has 2 aromatic rings. The molecule has 7 nitrogen and oxygen atoms in total. The summed E-state index contributed by atoms with van der Waals surface area (Å²) in [5.74, 6) is -1.08. The van der Waals surface area contributed by atoms with E-state index >= 15 is 0 Å². The van der Waals surface area contributed by atoms with Crippen molar-refractivity contribution in [3.05, 3.63) is 59.7 Å². The fourth-order valence-electron chi connectivity index (χ4n) is 2.08. The van der Waals surface area contributed by atoms with Gasteiger partial charge in [0.05, 0.1) is 10.6 Å². The van der Waals surface area contributed by atoms with E-state index in [1.165, 1.54) is 18.2 Å². The van der Waals surface area contributed by atoms with E-state index in [0.717, 1.165) is 11.8 Å². The number of benzene rings is 2. The van der Waals surface area contributed by atoms with Crippen molar-refractivity contribution in [1.82, 2.24) is 0 Å². The second-order valence-electron chi connectivity index (χ2n) is 5.16. The molecule has 1 amide bonds. The molecule has 0 bridgehead atoms. The van der Waals surface area contributed by atoms with Gasteiger partial charge in [-0.15, -0.1) is 0 Å². The summed E-state index contributed by atoms with van der Waals surface area (Å²) >= 11 is 0. The van der Waals surface area contributed by atoms with E-state index in [2.05, 4.69) is 10.3 Å². The standard InChI is InChI=1S/C16H18N4O3S/c1-24(22,23)14-9-12(15(21)20-16(17)18)7-8-13(14)19-10-11-5-3-2-4-6-11/h2-9,19H,10H2,1H3,(H4,17,18,20,21). The zero-order chi connectivity index (χ0) is 17.7. The summed E-state index contributed by atoms with van der Waals surface area (Å²) in [5, 5.41) is 3.07. The highest BCUT2D eigenvalue weighted by atomic mass is 32.2. The van der Waals surface area contributed by atoms with Gasteiger partial charge >= 0.3 is 0 Å². The quantitative estimate of drug-likeness (QED) is 0.550. The number of guanidine groups is 1. The van der Waals surface area contributed by atoms with Crippen LogP contribution in [0.15, 0.2) is 58.4 Å². The summed E-state index contributed by atoms with van der Waals surface area (Å²) in [5.41, 5.74) is 11.8. The van der Waals surface area contributed by atoms with E-state index in [4.69, 9.17) is 11.5 Å². The van der Waals surface area contributed by atoms with Crippen molar-refractivity contribution in [2.75, 3.05) is 11.6 Å². The van der Waals surface area contributed by atoms with Crippen molar-refractivity contribution in [3.63, 3.8) is 0 Å². The molecule has 0 atom stereocenters. The van der Waals surface area contributed by atoms with Crippen molar-refractivity contribution in [2.24, 2.45) is 16.5 Å². The van der Waals surface area contributed by atoms with Gasteiger partial charge in [-0.1, -0.05) is 30.3 Å². The van der Waals surface area contributed by atoms with Crippen LogP contribution in [-0.4, -0.2) is 26.5 Å². The zero-order valence-electron chi connectivity index (χ0n) is 13.1. The van der Waals surface area contributed by atoms with Crippen molar-refractivity contribution in [1.29, 1.82) is 0 Å². The van der Waals surface area contributed by atoms with Crippen molar-refractivity contribution in [2.45, 2.75) is 11.4 Å². The normalized spacial score (nSPS) is 10.9. The number of hydrogen-bond donors (Lipinski definition) is 3. The van der Waals surface area contributed by atoms with Gasteiger partial charge in [-0.25, -0.2) is 8.42 Å². The highest BCUT2D eigenvalue weighted by molar-refractivity contribution is 7.90. The molecular formula is C16H18N4O3S. The van der Waals surface area contributed by atoms with Gasteiger partial charge in [-0.2, -0.15) is 4.99 Å². The number of nitrogens with one attached hydrogen (secondary N) is 1. The third-order valence-corrected chi connectivity index (χ3v) is 4.32. The Hall–Kier alpha value is -2.87. The molecule has 126 valence electrons. The van der Waals surface area contributed by atoms with Crippen molar-refractivity contribution >= 4 is 27.4 Å². The molecule has 0 aliphatic rings. The monoisotopic (exact) mass is 346 g/mol. The minimum absolute atomic E-state index is 0.00933. The van der Waals surface area contributed by atoms with E-state index in [1.807, 2.05) is 30.3 Å². The van der Waals surface area contributed by atoms with E-state index in [1.54, 1.807) is 0 Å². The smallest absolute Gasteiger partial charge is 0.280 e. The van der Waals surface area contributed by atoms with Crippen LogP contribution in [0.25, 0.3) is 0 Å². The molecule has 2 rings (SSSR count). The number of carbonyl (C=O) groups is 1. The first-order valence-corrected chi connectivity index (χ1v) is 8.92. The van der Waals surface area contributed by atoms with Gasteiger partial charge in [-0.05, 0) is 23.8 Å². The minimum Gasteiger partial charge on any atom is -0.380 e. The van der Waals surface area contributed by atoms with Crippen LogP contribution < -0.4 is 16.8 Å². The third kappa shape index (κ3) is 4.56. The number of nitrogens with two attached hydrogens (primary N) is 2. The van der Waals surface area contributed by atoms with Crippen LogP contribution in [0.1, 0.15) is 15.9 Å². The first-order chi connectivity index (χ1) is 11.3. The molecule has 0 spiro atoms. The predicted octanol–water partition coefficient (Wildman–Crippen LogP) is 1.12. The molecule has 0 fully saturated rings. The highest BCUT2D eigenvalue weighted by Gasteiger charge is 2.17. The number of hydrogen-bond acceptors (Lipinski definition) is 4. The second kappa shape index (κ2) is 7.14. The molecule has 2 aromatic carbocycles. The summed E-state index contributed by atoms with van der Waals surface area (Å²) in [6, 6.07) is 13.8. The van der Waals surface area contributed by atoms with Gasteiger partial charge in [0.25, 0.3) is 5.91 Å². The Kier molecular flexibility index (Phi) is 5.20. The molecular weight excluding hydrogens is 328 g/mol. The maximum Gasteiger partial charge on any atom is 0.280 e. The lowest BCUT2D eigenvalue weighted by Crippen LogP contribution is -2.24. The van der Waals surface area contributed by atoms with Gasteiger partial charge in [-0.3, -0.25) is 4.79 Å². The van der Waals surface area contributed by atoms with Crippen molar-refractivity contribution < 1.29 is 13.2 Å². The molecule has 0 heterocycles. The fourth-order valence-corrected chi connectivity index (χ4v) is 2.96. The van der Waals surface area contributed by atoms with Gasteiger partial charge in [0, 0.05) is 18.4 Å². The number of anilines is 1. The molecule has 0 unspecified atom stereocenters. The van der Waals surface area contributed by atoms with Gasteiger partial charge < -0.3 is 16.8 Å². The maximum absolute atomic E-state index is 12.0. The summed E-state index contributed by atoms with van der Waals surface area (Å²) in [4.78, 5) is 15.3. The summed E-state index contributed by atoms with van der Waals surface area (Å²) in [6.45, 7) is 0.449. The van der Waals surface area contributed by atoms with Crippen LogP contribution in [0.3, 0.4) is 0 Å². The van der Waals surface area contributed by atoms with Gasteiger partial charge in [0.15, 0.2) is 15.8 Å². The number of carbonyl (C=O) groups excluding carboxylic acids is 1. The molecule has 0 aromatic heterocycles. The highest BCUT2D eigenvalue weighted by Crippen LogP contribution is 2.24. The van der Waals surface area contributed by atoms with E-state index in [-0.39, 0.29) is 16.4 Å². The lowest BCUT2D eigenvalue weighted by atomic mass is 10.2. The second-order valence-corrected chi connectivity index (χ2v) is 7.15. The largest absolute Gasteiger partial charge is 0.380 e. The minimum atomic E-state index is -3.55. The Morgan fingerprint density at radius 3 is 2.38 bits per heavy atom. The van der Waals surface area contributed by atoms with Crippen LogP contribution in [0.4, 0.5) is 5.69 Å². The third-order valence-electron chi connectivity index (χ3n) is 3.18. The SMILES string of the molecule is CS(=O)(=O)c1cc(C(=O)N=C(N)N)ccc1NCc1ccccc1. The Labute approximate surface area is 140 Å². The molecule has 0 radical (unpaired) electrons. The molecule has 0 saturated heterocycles. The van der Waals surface area contributed by atoms with Crippen LogP contribution in [0.5, 0.6) is 0 Å². The summed E-state index contributed by atoms with van der Waals surface area (Å²) in [6.07, 6.45) is 1.07. The summed E-state index contributed by atoms with van der Waals surface area (Å²) < 4.78 is 24.1. The first-order valence-electron chi connectivity index (χ1n) is 7.03. The molecule has 24 heavy (non-hydrogen) atoms. The number of sulfone groups is 1. The average Bonchev–Trinajstić information content (AvgIpc) is 2.52. The Bertz CT molecular complexity index is 873. The van der Waals surface area contributed by atoms with Crippen LogP contribution in [0, 0.1) is 0 Å². The number of nitrogens with zero attached hydrogens (tertiary/aromatic N) is 1. The van der Waals surface area contributed by atoms with Gasteiger partial charge in [0.2, 0.25) is 0 Å². The van der Waals surface area contributed by atoms with Gasteiger partial charge in [0.1, 0.15) is 0 Å². The summed E-state index contributed by atoms with van der Waals surface area (Å²) in [7, 11) is -3.55. The molecule has 0 saturated carbocycles. The number of amides is 1. The number of rotatable bonds is 5.